The van der Waals surface area contributed by atoms with Crippen molar-refractivity contribution in [3.05, 3.63) is 34.3 Å². The van der Waals surface area contributed by atoms with Gasteiger partial charge in [-0.25, -0.2) is 0 Å². The number of nitrogens with one attached hydrogen (secondary N) is 1. The predicted octanol–water partition coefficient (Wildman–Crippen LogP) is 3.49. The lowest BCUT2D eigenvalue weighted by molar-refractivity contribution is 0.455. The van der Waals surface area contributed by atoms with Crippen LogP contribution in [0.25, 0.3) is 0 Å². The first-order valence-electron chi connectivity index (χ1n) is 5.25. The van der Waals surface area contributed by atoms with Crippen LogP contribution in [0.3, 0.4) is 0 Å². The molecule has 0 atom stereocenters. The van der Waals surface area contributed by atoms with Crippen LogP contribution in [0.1, 0.15) is 24.0 Å². The van der Waals surface area contributed by atoms with E-state index in [4.69, 9.17) is 11.6 Å². The van der Waals surface area contributed by atoms with Gasteiger partial charge in [0, 0.05) is 11.6 Å². The molecule has 3 heteroatoms. The average Bonchev–Trinajstić information content (AvgIpc) is 2.23. The largest absolute Gasteiger partial charge is 0.313 e. The molecular formula is C12H17ClFN. The van der Waals surface area contributed by atoms with Crippen molar-refractivity contribution in [3.8, 4) is 0 Å². The van der Waals surface area contributed by atoms with E-state index in [1.807, 2.05) is 19.1 Å². The molecule has 15 heavy (non-hydrogen) atoms. The molecule has 0 aliphatic rings. The van der Waals surface area contributed by atoms with Crippen LogP contribution in [-0.2, 0) is 6.54 Å². The smallest absolute Gasteiger partial charge is 0.0894 e. The lowest BCUT2D eigenvalue weighted by atomic mass is 10.1. The van der Waals surface area contributed by atoms with E-state index in [9.17, 15) is 4.39 Å². The number of unbranched alkanes of at least 4 members (excludes halogenated alkanes) is 1. The van der Waals surface area contributed by atoms with E-state index < -0.39 is 0 Å². The van der Waals surface area contributed by atoms with Crippen molar-refractivity contribution in [2.45, 2.75) is 26.3 Å². The molecule has 0 aromatic heterocycles. The summed E-state index contributed by atoms with van der Waals surface area (Å²) < 4.78 is 11.8. The van der Waals surface area contributed by atoms with Gasteiger partial charge >= 0.3 is 0 Å². The Morgan fingerprint density at radius 3 is 2.80 bits per heavy atom. The van der Waals surface area contributed by atoms with Crippen molar-refractivity contribution in [1.29, 1.82) is 0 Å². The second kappa shape index (κ2) is 6.81. The molecule has 1 nitrogen and oxygen atoms in total. The first-order valence-corrected chi connectivity index (χ1v) is 5.63. The molecule has 0 bridgehead atoms. The SMILES string of the molecule is Cc1cc(CNCCCCF)ccc1Cl. The summed E-state index contributed by atoms with van der Waals surface area (Å²) in [6.07, 6.45) is 1.54. The lowest BCUT2D eigenvalue weighted by Gasteiger charge is -2.06. The Balaban J connectivity index is 2.28. The Kier molecular flexibility index (Phi) is 5.66. The van der Waals surface area contributed by atoms with Gasteiger partial charge in [0.05, 0.1) is 6.67 Å². The first kappa shape index (κ1) is 12.5. The highest BCUT2D eigenvalue weighted by molar-refractivity contribution is 6.31. The Bertz CT molecular complexity index is 302. The second-order valence-electron chi connectivity index (χ2n) is 3.66. The summed E-state index contributed by atoms with van der Waals surface area (Å²) in [5.41, 5.74) is 2.32. The van der Waals surface area contributed by atoms with Crippen LogP contribution in [0.5, 0.6) is 0 Å². The van der Waals surface area contributed by atoms with Gasteiger partial charge in [0.2, 0.25) is 0 Å². The molecule has 0 fully saturated rings. The molecule has 0 unspecified atom stereocenters. The number of hydrogen-bond donors (Lipinski definition) is 1. The van der Waals surface area contributed by atoms with Gasteiger partial charge in [0.15, 0.2) is 0 Å². The molecule has 84 valence electrons. The number of alkyl halides is 1. The van der Waals surface area contributed by atoms with Crippen LogP contribution in [0, 0.1) is 6.92 Å². The highest BCUT2D eigenvalue weighted by Gasteiger charge is 1.97. The van der Waals surface area contributed by atoms with Crippen LogP contribution in [0.4, 0.5) is 4.39 Å². The zero-order valence-electron chi connectivity index (χ0n) is 9.02. The fourth-order valence-corrected chi connectivity index (χ4v) is 1.51. The Labute approximate surface area is 95.6 Å². The quantitative estimate of drug-likeness (QED) is 0.737. The zero-order chi connectivity index (χ0) is 11.1. The van der Waals surface area contributed by atoms with Crippen LogP contribution in [0.2, 0.25) is 5.02 Å². The summed E-state index contributed by atoms with van der Waals surface area (Å²) in [7, 11) is 0. The summed E-state index contributed by atoms with van der Waals surface area (Å²) in [6.45, 7) is 3.46. The number of hydrogen-bond acceptors (Lipinski definition) is 1. The van der Waals surface area contributed by atoms with Crippen molar-refractivity contribution in [2.75, 3.05) is 13.2 Å². The van der Waals surface area contributed by atoms with E-state index in [2.05, 4.69) is 11.4 Å². The highest BCUT2D eigenvalue weighted by Crippen LogP contribution is 2.15. The molecule has 1 N–H and O–H groups in total. The molecular weight excluding hydrogens is 213 g/mol. The minimum absolute atomic E-state index is 0.221. The van der Waals surface area contributed by atoms with Crippen molar-refractivity contribution in [3.63, 3.8) is 0 Å². The van der Waals surface area contributed by atoms with Crippen LogP contribution in [-0.4, -0.2) is 13.2 Å². The van der Waals surface area contributed by atoms with Crippen molar-refractivity contribution in [2.24, 2.45) is 0 Å². The molecule has 0 saturated heterocycles. The third-order valence-electron chi connectivity index (χ3n) is 2.29. The summed E-state index contributed by atoms with van der Waals surface area (Å²) in [5.74, 6) is 0. The number of aryl methyl sites for hydroxylation is 1. The standard InChI is InChI=1S/C12H17ClFN/c1-10-8-11(4-5-12(10)13)9-15-7-3-2-6-14/h4-5,8,15H,2-3,6-7,9H2,1H3. The highest BCUT2D eigenvalue weighted by atomic mass is 35.5. The molecule has 0 aliphatic heterocycles. The zero-order valence-corrected chi connectivity index (χ0v) is 9.78. The molecule has 0 amide bonds. The van der Waals surface area contributed by atoms with Gasteiger partial charge in [-0.1, -0.05) is 23.7 Å². The van der Waals surface area contributed by atoms with Crippen molar-refractivity contribution < 1.29 is 4.39 Å². The summed E-state index contributed by atoms with van der Waals surface area (Å²) in [4.78, 5) is 0. The maximum Gasteiger partial charge on any atom is 0.0894 e. The maximum atomic E-state index is 11.8. The molecule has 0 spiro atoms. The minimum atomic E-state index is -0.221. The molecule has 1 aromatic carbocycles. The van der Waals surface area contributed by atoms with Gasteiger partial charge in [0.1, 0.15) is 0 Å². The first-order chi connectivity index (χ1) is 7.24. The van der Waals surface area contributed by atoms with Crippen LogP contribution in [0.15, 0.2) is 18.2 Å². The summed E-state index contributed by atoms with van der Waals surface area (Å²) >= 11 is 5.92. The number of rotatable bonds is 6. The lowest BCUT2D eigenvalue weighted by Crippen LogP contribution is -2.14. The Morgan fingerprint density at radius 1 is 1.33 bits per heavy atom. The summed E-state index contributed by atoms with van der Waals surface area (Å²) in [6, 6.07) is 6.00. The predicted molar refractivity (Wildman–Crippen MR) is 63.1 cm³/mol. The molecule has 0 radical (unpaired) electrons. The summed E-state index contributed by atoms with van der Waals surface area (Å²) in [5, 5.41) is 4.08. The van der Waals surface area contributed by atoms with Gasteiger partial charge in [-0.15, -0.1) is 0 Å². The molecule has 1 rings (SSSR count). The van der Waals surface area contributed by atoms with Crippen molar-refractivity contribution in [1.82, 2.24) is 5.32 Å². The average molecular weight is 230 g/mol. The molecule has 0 saturated carbocycles. The monoisotopic (exact) mass is 229 g/mol. The van der Waals surface area contributed by atoms with Gasteiger partial charge in [0.25, 0.3) is 0 Å². The second-order valence-corrected chi connectivity index (χ2v) is 4.06. The fourth-order valence-electron chi connectivity index (χ4n) is 1.39. The fraction of sp³-hybridized carbons (Fsp3) is 0.500. The van der Waals surface area contributed by atoms with E-state index >= 15 is 0 Å². The molecule has 0 heterocycles. The van der Waals surface area contributed by atoms with E-state index in [1.54, 1.807) is 0 Å². The van der Waals surface area contributed by atoms with Crippen LogP contribution < -0.4 is 5.32 Å². The third kappa shape index (κ3) is 4.63. The normalized spacial score (nSPS) is 10.6. The molecule has 0 aliphatic carbocycles. The van der Waals surface area contributed by atoms with E-state index in [0.717, 1.165) is 30.1 Å². The molecule has 1 aromatic rings. The van der Waals surface area contributed by atoms with Crippen LogP contribution >= 0.6 is 11.6 Å². The minimum Gasteiger partial charge on any atom is -0.313 e. The van der Waals surface area contributed by atoms with Gasteiger partial charge in [-0.3, -0.25) is 4.39 Å². The number of halogens is 2. The van der Waals surface area contributed by atoms with E-state index in [1.165, 1.54) is 5.56 Å². The topological polar surface area (TPSA) is 12.0 Å². The van der Waals surface area contributed by atoms with Gasteiger partial charge in [-0.2, -0.15) is 0 Å². The van der Waals surface area contributed by atoms with Gasteiger partial charge in [-0.05, 0) is 43.5 Å². The van der Waals surface area contributed by atoms with E-state index in [0.29, 0.717) is 6.42 Å². The van der Waals surface area contributed by atoms with Crippen molar-refractivity contribution >= 4 is 11.6 Å². The Morgan fingerprint density at radius 2 is 2.13 bits per heavy atom. The third-order valence-corrected chi connectivity index (χ3v) is 2.71. The number of benzene rings is 1. The van der Waals surface area contributed by atoms with E-state index in [-0.39, 0.29) is 6.67 Å². The van der Waals surface area contributed by atoms with Gasteiger partial charge < -0.3 is 5.32 Å². The maximum absolute atomic E-state index is 11.8. The Hall–Kier alpha value is -0.600.